The number of hydrogen-bond donors (Lipinski definition) is 0. The molecule has 0 aromatic heterocycles. The highest BCUT2D eigenvalue weighted by Crippen LogP contribution is 2.39. The molecule has 140 valence electrons. The summed E-state index contributed by atoms with van der Waals surface area (Å²) >= 11 is 17.9. The number of alkyl halides is 3. The van der Waals surface area contributed by atoms with E-state index in [1.807, 2.05) is 0 Å². The van der Waals surface area contributed by atoms with Gasteiger partial charge in [0.15, 0.2) is 0 Å². The van der Waals surface area contributed by atoms with Gasteiger partial charge in [0, 0.05) is 16.7 Å². The molecule has 27 heavy (non-hydrogen) atoms. The molecule has 1 heterocycles. The minimum absolute atomic E-state index is 0.0906. The molecule has 4 nitrogen and oxygen atoms in total. The Balaban J connectivity index is 2.00. The summed E-state index contributed by atoms with van der Waals surface area (Å²) in [5.41, 5.74) is -0.134. The Morgan fingerprint density at radius 1 is 0.926 bits per heavy atom. The van der Waals surface area contributed by atoms with Crippen molar-refractivity contribution in [1.29, 1.82) is 0 Å². The van der Waals surface area contributed by atoms with Crippen molar-refractivity contribution in [2.24, 2.45) is 0 Å². The molecule has 2 aromatic rings. The van der Waals surface area contributed by atoms with Crippen LogP contribution in [0.1, 0.15) is 5.56 Å². The molecule has 0 N–H and O–H groups in total. The van der Waals surface area contributed by atoms with Crippen LogP contribution < -0.4 is 9.64 Å². The summed E-state index contributed by atoms with van der Waals surface area (Å²) < 4.78 is 41.0. The number of carbonyl (C=O) groups is 2. The number of carbonyl (C=O) groups excluding carboxylic acids is 2. The number of amides is 2. The Bertz CT molecular complexity index is 989. The molecule has 0 saturated carbocycles. The average molecular weight is 437 g/mol. The third kappa shape index (κ3) is 3.90. The number of ether oxygens (including phenoxy) is 1. The third-order valence-corrected chi connectivity index (χ3v) is 4.44. The molecule has 2 amide bonds. The quantitative estimate of drug-likeness (QED) is 0.604. The highest BCUT2D eigenvalue weighted by Gasteiger charge is 2.40. The van der Waals surface area contributed by atoms with Crippen molar-refractivity contribution >= 4 is 57.9 Å². The van der Waals surface area contributed by atoms with Crippen LogP contribution in [0.15, 0.2) is 47.5 Å². The Labute approximate surface area is 165 Å². The zero-order valence-corrected chi connectivity index (χ0v) is 15.2. The maximum atomic E-state index is 12.8. The first kappa shape index (κ1) is 19.5. The molecule has 1 aliphatic heterocycles. The predicted octanol–water partition coefficient (Wildman–Crippen LogP) is 5.42. The zero-order valence-electron chi connectivity index (χ0n) is 13.0. The molecule has 0 aliphatic carbocycles. The zero-order chi connectivity index (χ0) is 19.9. The van der Waals surface area contributed by atoms with Crippen LogP contribution in [-0.4, -0.2) is 18.2 Å². The lowest BCUT2D eigenvalue weighted by Crippen LogP contribution is -2.31. The third-order valence-electron chi connectivity index (χ3n) is 3.54. The summed E-state index contributed by atoms with van der Waals surface area (Å²) in [6.45, 7) is 0. The molecule has 0 unspecified atom stereocenters. The van der Waals surface area contributed by atoms with Crippen LogP contribution in [0, 0.1) is 0 Å². The fourth-order valence-electron chi connectivity index (χ4n) is 2.48. The van der Waals surface area contributed by atoms with E-state index in [0.29, 0.717) is 9.92 Å². The molecule has 3 rings (SSSR count). The van der Waals surface area contributed by atoms with Crippen molar-refractivity contribution in [2.45, 2.75) is 6.36 Å². The van der Waals surface area contributed by atoms with E-state index in [0.717, 1.165) is 12.1 Å². The standard InChI is InChI=1S/C17H7Cl3F3NO3/c18-8-4-5-11(12(19)6-8)13-14(20)16(26)24(15(13)25)9-2-1-3-10(7-9)27-17(21,22)23/h1-7H. The van der Waals surface area contributed by atoms with Crippen LogP contribution in [0.5, 0.6) is 5.75 Å². The molecule has 0 bridgehead atoms. The van der Waals surface area contributed by atoms with Crippen LogP contribution >= 0.6 is 34.8 Å². The molecule has 2 aromatic carbocycles. The summed E-state index contributed by atoms with van der Waals surface area (Å²) in [5.74, 6) is -2.32. The van der Waals surface area contributed by atoms with E-state index >= 15 is 0 Å². The van der Waals surface area contributed by atoms with Gasteiger partial charge in [-0.2, -0.15) is 0 Å². The number of halogens is 6. The molecule has 0 spiro atoms. The van der Waals surface area contributed by atoms with Crippen LogP contribution in [0.3, 0.4) is 0 Å². The van der Waals surface area contributed by atoms with Crippen LogP contribution in [-0.2, 0) is 9.59 Å². The van der Waals surface area contributed by atoms with E-state index in [1.165, 1.54) is 30.3 Å². The van der Waals surface area contributed by atoms with Gasteiger partial charge in [-0.1, -0.05) is 46.9 Å². The first-order chi connectivity index (χ1) is 12.6. The number of rotatable bonds is 3. The molecule has 0 fully saturated rings. The summed E-state index contributed by atoms with van der Waals surface area (Å²) in [5, 5.41) is -0.00901. The van der Waals surface area contributed by atoms with Gasteiger partial charge in [-0.15, -0.1) is 13.2 Å². The smallest absolute Gasteiger partial charge is 0.406 e. The Morgan fingerprint density at radius 2 is 1.63 bits per heavy atom. The molecule has 10 heteroatoms. The van der Waals surface area contributed by atoms with Gasteiger partial charge in [0.05, 0.1) is 16.3 Å². The second-order valence-corrected chi connectivity index (χ2v) is 6.53. The van der Waals surface area contributed by atoms with Crippen molar-refractivity contribution in [1.82, 2.24) is 0 Å². The van der Waals surface area contributed by atoms with Crippen molar-refractivity contribution in [3.05, 3.63) is 63.1 Å². The molecule has 0 atom stereocenters. The fraction of sp³-hybridized carbons (Fsp3) is 0.0588. The SMILES string of the molecule is O=C1C(Cl)=C(c2ccc(Cl)cc2Cl)C(=O)N1c1cccc(OC(F)(F)F)c1. The van der Waals surface area contributed by atoms with Gasteiger partial charge in [0.2, 0.25) is 0 Å². The monoisotopic (exact) mass is 435 g/mol. The van der Waals surface area contributed by atoms with Gasteiger partial charge >= 0.3 is 6.36 Å². The van der Waals surface area contributed by atoms with Gasteiger partial charge in [-0.25, -0.2) is 4.90 Å². The fourth-order valence-corrected chi connectivity index (χ4v) is 3.25. The van der Waals surface area contributed by atoms with Gasteiger partial charge in [-0.05, 0) is 24.3 Å². The van der Waals surface area contributed by atoms with Gasteiger partial charge in [-0.3, -0.25) is 9.59 Å². The summed E-state index contributed by atoms with van der Waals surface area (Å²) in [7, 11) is 0. The molecular formula is C17H7Cl3F3NO3. The lowest BCUT2D eigenvalue weighted by Gasteiger charge is -2.17. The molecule has 0 radical (unpaired) electrons. The van der Waals surface area contributed by atoms with E-state index in [1.54, 1.807) is 0 Å². The van der Waals surface area contributed by atoms with Crippen molar-refractivity contribution in [2.75, 3.05) is 4.90 Å². The van der Waals surface area contributed by atoms with E-state index in [9.17, 15) is 22.8 Å². The minimum atomic E-state index is -4.92. The first-order valence-electron chi connectivity index (χ1n) is 7.18. The maximum absolute atomic E-state index is 12.8. The van der Waals surface area contributed by atoms with Crippen molar-refractivity contribution in [3.63, 3.8) is 0 Å². The summed E-state index contributed by atoms with van der Waals surface area (Å²) in [6, 6.07) is 8.66. The van der Waals surface area contributed by atoms with Gasteiger partial charge in [0.25, 0.3) is 11.8 Å². The largest absolute Gasteiger partial charge is 0.573 e. The van der Waals surface area contributed by atoms with Gasteiger partial charge in [0.1, 0.15) is 10.8 Å². The lowest BCUT2D eigenvalue weighted by molar-refractivity contribution is -0.274. The van der Waals surface area contributed by atoms with E-state index in [2.05, 4.69) is 4.74 Å². The normalized spacial score (nSPS) is 15.0. The Morgan fingerprint density at radius 3 is 2.26 bits per heavy atom. The lowest BCUT2D eigenvalue weighted by atomic mass is 10.1. The number of nitrogens with zero attached hydrogens (tertiary/aromatic N) is 1. The number of hydrogen-bond acceptors (Lipinski definition) is 3. The van der Waals surface area contributed by atoms with Crippen molar-refractivity contribution in [3.8, 4) is 5.75 Å². The maximum Gasteiger partial charge on any atom is 0.573 e. The van der Waals surface area contributed by atoms with E-state index < -0.39 is 29.0 Å². The summed E-state index contributed by atoms with van der Waals surface area (Å²) in [6.07, 6.45) is -4.92. The van der Waals surface area contributed by atoms with Crippen LogP contribution in [0.4, 0.5) is 18.9 Å². The highest BCUT2D eigenvalue weighted by atomic mass is 35.5. The van der Waals surface area contributed by atoms with E-state index in [-0.39, 0.29) is 21.8 Å². The van der Waals surface area contributed by atoms with Crippen molar-refractivity contribution < 1.29 is 27.5 Å². The topological polar surface area (TPSA) is 46.6 Å². The second kappa shape index (κ2) is 7.07. The average Bonchev–Trinajstić information content (AvgIpc) is 2.76. The predicted molar refractivity (Wildman–Crippen MR) is 94.9 cm³/mol. The Hall–Kier alpha value is -2.22. The molecular weight excluding hydrogens is 430 g/mol. The molecule has 0 saturated heterocycles. The Kier molecular flexibility index (Phi) is 5.12. The number of imide groups is 1. The minimum Gasteiger partial charge on any atom is -0.406 e. The summed E-state index contributed by atoms with van der Waals surface area (Å²) in [4.78, 5) is 25.9. The second-order valence-electron chi connectivity index (χ2n) is 5.30. The first-order valence-corrected chi connectivity index (χ1v) is 8.31. The van der Waals surface area contributed by atoms with Gasteiger partial charge < -0.3 is 4.74 Å². The highest BCUT2D eigenvalue weighted by molar-refractivity contribution is 6.60. The number of anilines is 1. The van der Waals surface area contributed by atoms with Crippen LogP contribution in [0.25, 0.3) is 5.57 Å². The molecule has 1 aliphatic rings. The van der Waals surface area contributed by atoms with E-state index in [4.69, 9.17) is 34.8 Å². The number of benzene rings is 2. The van der Waals surface area contributed by atoms with Crippen LogP contribution in [0.2, 0.25) is 10.0 Å².